The molecule has 2 aliphatic rings. The lowest BCUT2D eigenvalue weighted by atomic mass is 9.95. The summed E-state index contributed by atoms with van der Waals surface area (Å²) < 4.78 is 17.3. The lowest BCUT2D eigenvalue weighted by Gasteiger charge is -2.28. The summed E-state index contributed by atoms with van der Waals surface area (Å²) >= 11 is 0. The van der Waals surface area contributed by atoms with Crippen molar-refractivity contribution >= 4 is 28.2 Å². The van der Waals surface area contributed by atoms with Gasteiger partial charge in [-0.1, -0.05) is 0 Å². The van der Waals surface area contributed by atoms with Gasteiger partial charge < -0.3 is 30.2 Å². The zero-order valence-corrected chi connectivity index (χ0v) is 18.4. The summed E-state index contributed by atoms with van der Waals surface area (Å²) in [5, 5.41) is 5.28. The van der Waals surface area contributed by atoms with E-state index in [0.717, 1.165) is 65.0 Å². The van der Waals surface area contributed by atoms with Crippen LogP contribution in [0, 0.1) is 0 Å². The SMILES string of the molecule is COc1ccc2c(N)c3c(cc2c1OC)CN(c1cncc(O[C@H]2CCCNC2)c1)C=C3. The van der Waals surface area contributed by atoms with Crippen LogP contribution in [0.2, 0.25) is 0 Å². The molecule has 3 aromatic rings. The van der Waals surface area contributed by atoms with Crippen LogP contribution in [0.5, 0.6) is 17.2 Å². The van der Waals surface area contributed by atoms with E-state index in [-0.39, 0.29) is 6.10 Å². The smallest absolute Gasteiger partial charge is 0.168 e. The van der Waals surface area contributed by atoms with E-state index in [0.29, 0.717) is 18.0 Å². The highest BCUT2D eigenvalue weighted by molar-refractivity contribution is 6.03. The molecule has 0 bridgehead atoms. The molecule has 2 aromatic carbocycles. The molecule has 7 nitrogen and oxygen atoms in total. The Kier molecular flexibility index (Phi) is 5.49. The average molecular weight is 433 g/mol. The van der Waals surface area contributed by atoms with Crippen molar-refractivity contribution < 1.29 is 14.2 Å². The Labute approximate surface area is 187 Å². The van der Waals surface area contributed by atoms with Gasteiger partial charge >= 0.3 is 0 Å². The lowest BCUT2D eigenvalue weighted by molar-refractivity contribution is 0.166. The molecule has 7 heteroatoms. The second-order valence-electron chi connectivity index (χ2n) is 8.17. The van der Waals surface area contributed by atoms with Crippen LogP contribution in [-0.4, -0.2) is 38.4 Å². The maximum Gasteiger partial charge on any atom is 0.168 e. The maximum atomic E-state index is 6.56. The second-order valence-corrected chi connectivity index (χ2v) is 8.17. The Morgan fingerprint density at radius 3 is 2.81 bits per heavy atom. The van der Waals surface area contributed by atoms with Crippen LogP contribution < -0.4 is 30.2 Å². The van der Waals surface area contributed by atoms with Gasteiger partial charge in [0.25, 0.3) is 0 Å². The van der Waals surface area contributed by atoms with E-state index >= 15 is 0 Å². The highest BCUT2D eigenvalue weighted by atomic mass is 16.5. The molecule has 5 rings (SSSR count). The Hall–Kier alpha value is -3.45. The van der Waals surface area contributed by atoms with Gasteiger partial charge in [0, 0.05) is 47.4 Å². The highest BCUT2D eigenvalue weighted by Crippen LogP contribution is 2.42. The normalized spacial score (nSPS) is 17.8. The number of nitrogen functional groups attached to an aromatic ring is 1. The first-order valence-electron chi connectivity index (χ1n) is 10.9. The predicted octanol–water partition coefficient (Wildman–Crippen LogP) is 3.96. The third kappa shape index (κ3) is 3.69. The second kappa shape index (κ2) is 8.59. The fourth-order valence-electron chi connectivity index (χ4n) is 4.55. The molecular formula is C25H28N4O3. The number of aromatic nitrogens is 1. The summed E-state index contributed by atoms with van der Waals surface area (Å²) in [5.74, 6) is 2.17. The highest BCUT2D eigenvalue weighted by Gasteiger charge is 2.21. The van der Waals surface area contributed by atoms with Crippen molar-refractivity contribution in [1.29, 1.82) is 0 Å². The molecular weight excluding hydrogens is 404 g/mol. The third-order valence-corrected chi connectivity index (χ3v) is 6.18. The number of anilines is 2. The van der Waals surface area contributed by atoms with Crippen LogP contribution in [0.4, 0.5) is 11.4 Å². The van der Waals surface area contributed by atoms with E-state index in [1.165, 1.54) is 0 Å². The van der Waals surface area contributed by atoms with E-state index < -0.39 is 0 Å². The average Bonchev–Trinajstić information content (AvgIpc) is 2.84. The van der Waals surface area contributed by atoms with Crippen LogP contribution in [-0.2, 0) is 6.54 Å². The molecule has 3 N–H and O–H groups in total. The molecule has 0 saturated carbocycles. The minimum absolute atomic E-state index is 0.187. The first kappa shape index (κ1) is 20.5. The molecule has 0 spiro atoms. The van der Waals surface area contributed by atoms with E-state index in [9.17, 15) is 0 Å². The molecule has 2 aliphatic heterocycles. The Morgan fingerprint density at radius 1 is 1.12 bits per heavy atom. The number of ether oxygens (including phenoxy) is 3. The van der Waals surface area contributed by atoms with Crippen LogP contribution in [0.3, 0.4) is 0 Å². The number of pyridine rings is 1. The number of benzene rings is 2. The first-order chi connectivity index (χ1) is 15.7. The van der Waals surface area contributed by atoms with Crippen molar-refractivity contribution in [2.75, 3.05) is 37.9 Å². The van der Waals surface area contributed by atoms with Crippen LogP contribution in [0.15, 0.2) is 42.9 Å². The first-order valence-corrected chi connectivity index (χ1v) is 10.9. The zero-order valence-electron chi connectivity index (χ0n) is 18.4. The van der Waals surface area contributed by atoms with Crippen molar-refractivity contribution in [3.8, 4) is 17.2 Å². The third-order valence-electron chi connectivity index (χ3n) is 6.18. The number of fused-ring (bicyclic) bond motifs is 2. The standard InChI is InChI=1S/C25H28N4O3/c1-30-23-6-5-21-22(25(23)31-2)10-16-15-29(9-7-20(16)24(21)26)17-11-19(14-28-12-17)32-18-4-3-8-27-13-18/h5-7,9-12,14,18,27H,3-4,8,13,15,26H2,1-2H3/t18-/m0/s1. The molecule has 0 aliphatic carbocycles. The van der Waals surface area contributed by atoms with E-state index in [4.69, 9.17) is 19.9 Å². The number of methoxy groups -OCH3 is 2. The van der Waals surface area contributed by atoms with E-state index in [1.807, 2.05) is 30.6 Å². The summed E-state index contributed by atoms with van der Waals surface area (Å²) in [6.07, 6.45) is 10.1. The molecule has 1 atom stereocenters. The largest absolute Gasteiger partial charge is 0.493 e. The van der Waals surface area contributed by atoms with Crippen LogP contribution >= 0.6 is 0 Å². The molecule has 166 valence electrons. The Balaban J connectivity index is 1.46. The summed E-state index contributed by atoms with van der Waals surface area (Å²) in [6, 6.07) is 8.06. The van der Waals surface area contributed by atoms with Gasteiger partial charge in [-0.15, -0.1) is 0 Å². The molecule has 32 heavy (non-hydrogen) atoms. The molecule has 1 fully saturated rings. The predicted molar refractivity (Wildman–Crippen MR) is 127 cm³/mol. The Morgan fingerprint density at radius 2 is 2.03 bits per heavy atom. The van der Waals surface area contributed by atoms with Gasteiger partial charge in [0.1, 0.15) is 11.9 Å². The topological polar surface area (TPSA) is 81.9 Å². The van der Waals surface area contributed by atoms with Crippen molar-refractivity contribution in [2.24, 2.45) is 0 Å². The van der Waals surface area contributed by atoms with E-state index in [2.05, 4.69) is 27.3 Å². The minimum Gasteiger partial charge on any atom is -0.493 e. The zero-order chi connectivity index (χ0) is 22.1. The number of piperidine rings is 1. The fraction of sp³-hybridized carbons (Fsp3) is 0.320. The number of hydrogen-bond acceptors (Lipinski definition) is 7. The molecule has 0 unspecified atom stereocenters. The molecule has 0 radical (unpaired) electrons. The lowest BCUT2D eigenvalue weighted by Crippen LogP contribution is -2.37. The summed E-state index contributed by atoms with van der Waals surface area (Å²) in [5.41, 5.74) is 10.4. The summed E-state index contributed by atoms with van der Waals surface area (Å²) in [6.45, 7) is 2.60. The van der Waals surface area contributed by atoms with Gasteiger partial charge in [0.2, 0.25) is 0 Å². The number of hydrogen-bond donors (Lipinski definition) is 2. The fourth-order valence-corrected chi connectivity index (χ4v) is 4.55. The van der Waals surface area contributed by atoms with Gasteiger partial charge in [0.05, 0.1) is 32.3 Å². The van der Waals surface area contributed by atoms with Gasteiger partial charge in [-0.05, 0) is 49.2 Å². The van der Waals surface area contributed by atoms with Crippen molar-refractivity contribution in [3.63, 3.8) is 0 Å². The van der Waals surface area contributed by atoms with Crippen molar-refractivity contribution in [2.45, 2.75) is 25.5 Å². The Bertz CT molecular complexity index is 1170. The number of nitrogens with one attached hydrogen (secondary N) is 1. The quantitative estimate of drug-likeness (QED) is 0.591. The van der Waals surface area contributed by atoms with Gasteiger partial charge in [-0.2, -0.15) is 0 Å². The van der Waals surface area contributed by atoms with Gasteiger partial charge in [-0.25, -0.2) is 0 Å². The monoisotopic (exact) mass is 432 g/mol. The molecule has 3 heterocycles. The van der Waals surface area contributed by atoms with Crippen molar-refractivity contribution in [1.82, 2.24) is 10.3 Å². The van der Waals surface area contributed by atoms with Gasteiger partial charge in [0.15, 0.2) is 11.5 Å². The van der Waals surface area contributed by atoms with Crippen LogP contribution in [0.25, 0.3) is 16.8 Å². The minimum atomic E-state index is 0.187. The molecule has 0 amide bonds. The molecule has 1 aromatic heterocycles. The number of rotatable bonds is 5. The van der Waals surface area contributed by atoms with Crippen molar-refractivity contribution in [3.05, 3.63) is 54.0 Å². The maximum absolute atomic E-state index is 6.56. The summed E-state index contributed by atoms with van der Waals surface area (Å²) in [4.78, 5) is 6.57. The summed E-state index contributed by atoms with van der Waals surface area (Å²) in [7, 11) is 3.29. The number of nitrogens with zero attached hydrogens (tertiary/aromatic N) is 2. The van der Waals surface area contributed by atoms with E-state index in [1.54, 1.807) is 20.4 Å². The molecule has 1 saturated heterocycles. The van der Waals surface area contributed by atoms with Crippen LogP contribution in [0.1, 0.15) is 24.0 Å². The van der Waals surface area contributed by atoms with Gasteiger partial charge in [-0.3, -0.25) is 4.98 Å². The number of nitrogens with two attached hydrogens (primary N) is 1.